The smallest absolute Gasteiger partial charge is 0.247 e. The van der Waals surface area contributed by atoms with Crippen LogP contribution in [0.25, 0.3) is 100 Å². The van der Waals surface area contributed by atoms with Crippen molar-refractivity contribution in [1.29, 1.82) is 0 Å². The molecule has 0 aliphatic heterocycles. The van der Waals surface area contributed by atoms with E-state index >= 15 is 0 Å². The Morgan fingerprint density at radius 2 is 0.900 bits per heavy atom. The number of carbonyl (C=O) groups is 1. The summed E-state index contributed by atoms with van der Waals surface area (Å²) in [6.45, 7) is 0. The third-order valence-corrected chi connectivity index (χ3v) is 11.7. The van der Waals surface area contributed by atoms with Crippen molar-refractivity contribution in [3.63, 3.8) is 0 Å². The maximum atomic E-state index is 12.3. The number of hydrogen-bond acceptors (Lipinski definition) is 5. The summed E-state index contributed by atoms with van der Waals surface area (Å²) < 4.78 is 24.5. The van der Waals surface area contributed by atoms with E-state index in [1.54, 1.807) is 0 Å². The first-order valence-corrected chi connectivity index (χ1v) is 22.1. The molecule has 9 heteroatoms. The van der Waals surface area contributed by atoms with Crippen LogP contribution in [0.3, 0.4) is 0 Å². The van der Waals surface area contributed by atoms with E-state index in [0.717, 1.165) is 100 Å². The second kappa shape index (κ2) is 21.1. The molecule has 1 N–H and O–H groups in total. The molecule has 0 bridgehead atoms. The number of fused-ring (bicyclic) bond motifs is 1. The molecule has 0 aliphatic carbocycles. The molecule has 0 saturated heterocycles. The van der Waals surface area contributed by atoms with Crippen LogP contribution in [0.5, 0.6) is 0 Å². The minimum absolute atomic E-state index is 0. The zero-order valence-corrected chi connectivity index (χ0v) is 39.5. The zero-order valence-electron chi connectivity index (χ0n) is 37.1. The van der Waals surface area contributed by atoms with Crippen LogP contribution in [0.4, 0.5) is 8.78 Å². The summed E-state index contributed by atoms with van der Waals surface area (Å²) >= 11 is 0. The average Bonchev–Trinajstić information content (AvgIpc) is 3.41. The van der Waals surface area contributed by atoms with Crippen molar-refractivity contribution in [1.82, 2.24) is 20.2 Å². The number of carboxylic acids is 1. The van der Waals surface area contributed by atoms with E-state index in [4.69, 9.17) is 15.3 Å². The number of benzene rings is 8. The normalized spacial score (nSPS) is 10.7. The third kappa shape index (κ3) is 9.98. The van der Waals surface area contributed by atoms with Gasteiger partial charge in [-0.2, -0.15) is 10.2 Å². The average molecular weight is 1090 g/mol. The van der Waals surface area contributed by atoms with Crippen molar-refractivity contribution >= 4 is 16.7 Å². The van der Waals surface area contributed by atoms with Gasteiger partial charge in [-0.05, 0) is 85.8 Å². The summed E-state index contributed by atoms with van der Waals surface area (Å²) in [6.07, 6.45) is 7.49. The van der Waals surface area contributed by atoms with E-state index in [1.807, 2.05) is 55.1 Å². The molecule has 1 radical (unpaired) electrons. The Hall–Kier alpha value is -8.62. The molecular weight excluding hydrogens is 1050 g/mol. The van der Waals surface area contributed by atoms with E-state index < -0.39 is 23.2 Å². The Labute approximate surface area is 417 Å². The Morgan fingerprint density at radius 1 is 0.443 bits per heavy atom. The quantitative estimate of drug-likeness (QED) is 0.145. The molecule has 0 atom stereocenters. The SMILES string of the molecule is O=C(O)c1[c-]c(F)cc(F)c1.[Ir].[c-]1ccc(-c2ccccc2)cc1-c1nnc(-c2ccccc2-c2cc(-c3ccccc3-c3cccnc3)cc(-c3ccccc3-c3cccnc3)c2)c2ccccc12. The van der Waals surface area contributed by atoms with Crippen LogP contribution in [0.2, 0.25) is 0 Å². The fraction of sp³-hybridized carbons (Fsp3) is 0. The van der Waals surface area contributed by atoms with Gasteiger partial charge in [0.25, 0.3) is 0 Å². The van der Waals surface area contributed by atoms with Gasteiger partial charge < -0.3 is 9.90 Å². The summed E-state index contributed by atoms with van der Waals surface area (Å²) in [7, 11) is 0. The molecule has 3 heterocycles. The van der Waals surface area contributed by atoms with Crippen LogP contribution < -0.4 is 0 Å². The van der Waals surface area contributed by atoms with Gasteiger partial charge in [-0.3, -0.25) is 9.97 Å². The Bertz CT molecular complexity index is 3510. The topological polar surface area (TPSA) is 88.9 Å². The number of halogens is 2. The van der Waals surface area contributed by atoms with Crippen LogP contribution in [-0.2, 0) is 20.1 Å². The molecule has 0 amide bonds. The van der Waals surface area contributed by atoms with Crippen molar-refractivity contribution in [2.75, 3.05) is 0 Å². The third-order valence-electron chi connectivity index (χ3n) is 11.7. The van der Waals surface area contributed by atoms with Gasteiger partial charge in [0, 0.05) is 84.3 Å². The predicted octanol–water partition coefficient (Wildman–Crippen LogP) is 15.0. The minimum atomic E-state index is -1.40. The largest absolute Gasteiger partial charge is 0.521 e. The predicted molar refractivity (Wildman–Crippen MR) is 270 cm³/mol. The van der Waals surface area contributed by atoms with Gasteiger partial charge >= 0.3 is 0 Å². The van der Waals surface area contributed by atoms with Crippen LogP contribution in [0, 0.1) is 23.8 Å². The molecule has 0 spiro atoms. The van der Waals surface area contributed by atoms with E-state index in [-0.39, 0.29) is 20.1 Å². The van der Waals surface area contributed by atoms with Crippen molar-refractivity contribution in [2.45, 2.75) is 0 Å². The van der Waals surface area contributed by atoms with Crippen LogP contribution >= 0.6 is 0 Å². The molecule has 3 aromatic heterocycles. The molecule has 11 aromatic rings. The molecule has 8 aromatic carbocycles. The summed E-state index contributed by atoms with van der Waals surface area (Å²) in [6, 6.07) is 72.4. The maximum Gasteiger partial charge on any atom is 0.247 e. The molecule has 0 aliphatic rings. The number of aromatic nitrogens is 4. The van der Waals surface area contributed by atoms with Gasteiger partial charge in [0.15, 0.2) is 0 Å². The van der Waals surface area contributed by atoms with Gasteiger partial charge in [0.05, 0.1) is 5.69 Å². The first kappa shape index (κ1) is 46.5. The summed E-state index contributed by atoms with van der Waals surface area (Å²) in [5.74, 6) is -3.33. The summed E-state index contributed by atoms with van der Waals surface area (Å²) in [4.78, 5) is 19.1. The Morgan fingerprint density at radius 3 is 1.41 bits per heavy atom. The second-order valence-electron chi connectivity index (χ2n) is 16.1. The Balaban J connectivity index is 0.000000450. The molecule has 6 nitrogen and oxygen atoms in total. The number of aromatic carboxylic acids is 1. The minimum Gasteiger partial charge on any atom is -0.521 e. The van der Waals surface area contributed by atoms with Crippen molar-refractivity contribution < 1.29 is 38.8 Å². The van der Waals surface area contributed by atoms with Gasteiger partial charge in [-0.15, -0.1) is 41.5 Å². The summed E-state index contributed by atoms with van der Waals surface area (Å²) in [5.41, 5.74) is 16.2. The van der Waals surface area contributed by atoms with E-state index in [2.05, 4.69) is 180 Å². The van der Waals surface area contributed by atoms with E-state index in [1.165, 1.54) is 0 Å². The molecule has 0 unspecified atom stereocenters. The first-order chi connectivity index (χ1) is 33.9. The fourth-order valence-electron chi connectivity index (χ4n) is 8.58. The van der Waals surface area contributed by atoms with Gasteiger partial charge in [0.1, 0.15) is 0 Å². The molecule has 0 fully saturated rings. The summed E-state index contributed by atoms with van der Waals surface area (Å²) in [5, 5.41) is 20.3. The molecular formula is C61H38F2IrN4O2-2. The second-order valence-corrected chi connectivity index (χ2v) is 16.1. The molecule has 11 rings (SSSR count). The van der Waals surface area contributed by atoms with Gasteiger partial charge in [-0.1, -0.05) is 157 Å². The standard InChI is InChI=1S/C54H35N4.C7H3F2O2.Ir/c1-2-15-37(16-3-1)38-17-12-18-39(31-38)53-51-27-10-11-28-52(51)54(58-57-53)50-26-9-8-25-49(50)44-33-42(47-23-6-4-21-45(47)40-19-13-29-55-35-40)32-43(34-44)48-24-7-5-22-46(48)41-20-14-30-56-36-41;8-5-1-4(7(10)11)2-6(9)3-5;/h1-17,19-36H;1,3H,(H,10,11);/q2*-1;. The molecule has 339 valence electrons. The van der Waals surface area contributed by atoms with Crippen LogP contribution in [0.15, 0.2) is 225 Å². The number of rotatable bonds is 9. The number of pyridine rings is 2. The van der Waals surface area contributed by atoms with Gasteiger partial charge in [0.2, 0.25) is 5.97 Å². The van der Waals surface area contributed by atoms with Gasteiger partial charge in [-0.25, -0.2) is 8.78 Å². The van der Waals surface area contributed by atoms with E-state index in [0.29, 0.717) is 12.1 Å². The Kier molecular flexibility index (Phi) is 14.0. The monoisotopic (exact) mass is 1090 g/mol. The fourth-order valence-corrected chi connectivity index (χ4v) is 8.58. The number of hydrogen-bond donors (Lipinski definition) is 1. The number of nitrogens with zero attached hydrogens (tertiary/aromatic N) is 4. The van der Waals surface area contributed by atoms with E-state index in [9.17, 15) is 13.6 Å². The zero-order chi connectivity index (χ0) is 47.1. The van der Waals surface area contributed by atoms with Crippen LogP contribution in [0.1, 0.15) is 10.4 Å². The van der Waals surface area contributed by atoms with Crippen molar-refractivity contribution in [3.05, 3.63) is 254 Å². The van der Waals surface area contributed by atoms with Crippen LogP contribution in [-0.4, -0.2) is 31.2 Å². The number of carboxylic acid groups (broad SMARTS) is 1. The first-order valence-electron chi connectivity index (χ1n) is 22.1. The molecule has 70 heavy (non-hydrogen) atoms. The molecule has 0 saturated carbocycles. The van der Waals surface area contributed by atoms with Crippen molar-refractivity contribution in [2.24, 2.45) is 0 Å². The maximum absolute atomic E-state index is 12.3. The van der Waals surface area contributed by atoms with Crippen molar-refractivity contribution in [3.8, 4) is 89.3 Å².